The number of quaternary nitrogens is 1. The zero-order chi connectivity index (χ0) is 15.6. The van der Waals surface area contributed by atoms with Gasteiger partial charge < -0.3 is 23.7 Å². The highest BCUT2D eigenvalue weighted by molar-refractivity contribution is 7.45. The number of phosphoric acid groups is 1. The second-order valence-corrected chi connectivity index (χ2v) is 6.59. The molecule has 0 rings (SSSR count). The van der Waals surface area contributed by atoms with Crippen LogP contribution < -0.4 is 10.2 Å². The van der Waals surface area contributed by atoms with Crippen molar-refractivity contribution in [2.24, 2.45) is 0 Å². The highest BCUT2D eigenvalue weighted by atomic mass is 31.2. The Kier molecular flexibility index (Phi) is 9.25. The maximum Gasteiger partial charge on any atom is 0.267 e. The number of amides is 1. The maximum absolute atomic E-state index is 11.6. The molecule has 8 heteroatoms. The molecule has 1 amide bonds. The van der Waals surface area contributed by atoms with Gasteiger partial charge in [-0.15, -0.1) is 0 Å². The Bertz CT molecular complexity index is 336. The van der Waals surface area contributed by atoms with E-state index in [1.54, 1.807) is 6.92 Å². The smallest absolute Gasteiger partial charge is 0.267 e. The summed E-state index contributed by atoms with van der Waals surface area (Å²) in [5, 5.41) is 2.62. The number of phosphoric ester groups is 1. The van der Waals surface area contributed by atoms with E-state index < -0.39 is 7.82 Å². The maximum atomic E-state index is 11.6. The molecule has 0 spiro atoms. The molecule has 1 unspecified atom stereocenters. The third-order valence-corrected chi connectivity index (χ3v) is 3.81. The summed E-state index contributed by atoms with van der Waals surface area (Å²) in [6, 6.07) is 0. The Balaban J connectivity index is 3.77. The van der Waals surface area contributed by atoms with Gasteiger partial charge in [-0.05, 0) is 13.3 Å². The van der Waals surface area contributed by atoms with Gasteiger partial charge in [0.2, 0.25) is 5.91 Å². The summed E-state index contributed by atoms with van der Waals surface area (Å²) in [6.07, 6.45) is 1.48. The summed E-state index contributed by atoms with van der Waals surface area (Å²) >= 11 is 0. The van der Waals surface area contributed by atoms with Gasteiger partial charge in [0.15, 0.2) is 0 Å². The molecule has 0 heterocycles. The van der Waals surface area contributed by atoms with Gasteiger partial charge in [-0.3, -0.25) is 9.36 Å². The Hall–Kier alpha value is -0.460. The first kappa shape index (κ1) is 19.5. The molecule has 1 N–H and O–H groups in total. The molecule has 0 bridgehead atoms. The minimum Gasteiger partial charge on any atom is -0.756 e. The zero-order valence-electron chi connectivity index (χ0n) is 12.9. The molecule has 0 aliphatic rings. The lowest BCUT2D eigenvalue weighted by Crippen LogP contribution is -2.43. The van der Waals surface area contributed by atoms with Crippen molar-refractivity contribution in [3.8, 4) is 0 Å². The molecular formula is C12H27N2O5P. The third-order valence-electron chi connectivity index (χ3n) is 2.73. The van der Waals surface area contributed by atoms with Crippen molar-refractivity contribution in [2.45, 2.75) is 26.7 Å². The normalized spacial score (nSPS) is 14.8. The molecule has 1 atom stereocenters. The van der Waals surface area contributed by atoms with Gasteiger partial charge >= 0.3 is 0 Å². The van der Waals surface area contributed by atoms with Crippen LogP contribution in [0.2, 0.25) is 0 Å². The first-order chi connectivity index (χ1) is 9.22. The second-order valence-electron chi connectivity index (χ2n) is 5.18. The van der Waals surface area contributed by atoms with Gasteiger partial charge in [0.1, 0.15) is 0 Å². The average molecular weight is 310 g/mol. The number of hydrogen-bond acceptors (Lipinski definition) is 5. The largest absolute Gasteiger partial charge is 0.756 e. The molecule has 0 fully saturated rings. The van der Waals surface area contributed by atoms with Crippen LogP contribution >= 0.6 is 7.82 Å². The number of carbonyl (C=O) groups is 1. The van der Waals surface area contributed by atoms with Gasteiger partial charge in [-0.2, -0.15) is 0 Å². The molecule has 0 saturated carbocycles. The van der Waals surface area contributed by atoms with E-state index in [4.69, 9.17) is 0 Å². The van der Waals surface area contributed by atoms with Crippen molar-refractivity contribution in [1.82, 2.24) is 5.32 Å². The fourth-order valence-corrected chi connectivity index (χ4v) is 2.46. The number of hydrogen-bond donors (Lipinski definition) is 1. The van der Waals surface area contributed by atoms with Gasteiger partial charge in [-0.25, -0.2) is 0 Å². The molecule has 120 valence electrons. The first-order valence-corrected chi connectivity index (χ1v) is 8.37. The van der Waals surface area contributed by atoms with Crippen molar-refractivity contribution in [2.75, 3.05) is 46.9 Å². The number of carbonyl (C=O) groups excluding carboxylic acids is 1. The third kappa shape index (κ3) is 10.3. The lowest BCUT2D eigenvalue weighted by molar-refractivity contribution is -0.889. The fraction of sp³-hybridized carbons (Fsp3) is 0.917. The summed E-state index contributed by atoms with van der Waals surface area (Å²) in [4.78, 5) is 22.7. The molecule has 0 aromatic heterocycles. The quantitative estimate of drug-likeness (QED) is 0.341. The first-order valence-electron chi connectivity index (χ1n) is 6.91. The summed E-state index contributed by atoms with van der Waals surface area (Å²) in [5.41, 5.74) is 0. The van der Waals surface area contributed by atoms with Crippen LogP contribution in [0.4, 0.5) is 0 Å². The zero-order valence-corrected chi connectivity index (χ0v) is 13.8. The molecular weight excluding hydrogens is 283 g/mol. The molecule has 0 aliphatic heterocycles. The van der Waals surface area contributed by atoms with E-state index in [0.717, 1.165) is 24.0 Å². The number of rotatable bonds is 11. The van der Waals surface area contributed by atoms with E-state index >= 15 is 0 Å². The Labute approximate surface area is 121 Å². The molecule has 20 heavy (non-hydrogen) atoms. The second kappa shape index (κ2) is 9.47. The van der Waals surface area contributed by atoms with Crippen LogP contribution in [0.25, 0.3) is 0 Å². The van der Waals surface area contributed by atoms with E-state index in [9.17, 15) is 14.3 Å². The average Bonchev–Trinajstić information content (AvgIpc) is 2.32. The molecule has 7 nitrogen and oxygen atoms in total. The molecule has 0 saturated heterocycles. The van der Waals surface area contributed by atoms with Crippen LogP contribution in [-0.2, 0) is 18.4 Å². The summed E-state index contributed by atoms with van der Waals surface area (Å²) in [6.45, 7) is 5.52. The van der Waals surface area contributed by atoms with Crippen molar-refractivity contribution in [3.63, 3.8) is 0 Å². The lowest BCUT2D eigenvalue weighted by atomic mass is 10.3. The van der Waals surface area contributed by atoms with Crippen LogP contribution in [0, 0.1) is 0 Å². The Morgan fingerprint density at radius 1 is 1.25 bits per heavy atom. The van der Waals surface area contributed by atoms with Crippen molar-refractivity contribution in [3.05, 3.63) is 0 Å². The Morgan fingerprint density at radius 2 is 1.90 bits per heavy atom. The summed E-state index contributed by atoms with van der Waals surface area (Å²) in [5.74, 6) is -0.104. The molecule has 0 radical (unpaired) electrons. The molecule has 0 aromatic rings. The molecule has 0 aromatic carbocycles. The highest BCUT2D eigenvalue weighted by Crippen LogP contribution is 2.37. The summed E-state index contributed by atoms with van der Waals surface area (Å²) in [7, 11) is -0.0498. The topological polar surface area (TPSA) is 87.7 Å². The fourth-order valence-electron chi connectivity index (χ4n) is 1.75. The van der Waals surface area contributed by atoms with Crippen molar-refractivity contribution >= 4 is 13.7 Å². The summed E-state index contributed by atoms with van der Waals surface area (Å²) < 4.78 is 20.8. The van der Waals surface area contributed by atoms with Crippen LogP contribution in [0.5, 0.6) is 0 Å². The number of nitrogens with zero attached hydrogens (tertiary/aromatic N) is 1. The predicted octanol–water partition coefficient (Wildman–Crippen LogP) is 0.501. The lowest BCUT2D eigenvalue weighted by Gasteiger charge is -2.29. The SMILES string of the molecule is CCC[N+](C)(C)CCC(=O)NCCOP(=O)([O-])OCC. The van der Waals surface area contributed by atoms with Gasteiger partial charge in [-0.1, -0.05) is 6.92 Å². The van der Waals surface area contributed by atoms with Gasteiger partial charge in [0.05, 0.1) is 46.8 Å². The van der Waals surface area contributed by atoms with Gasteiger partial charge in [0, 0.05) is 6.54 Å². The van der Waals surface area contributed by atoms with Crippen molar-refractivity contribution < 1.29 is 27.8 Å². The minimum atomic E-state index is -4.21. The predicted molar refractivity (Wildman–Crippen MR) is 74.9 cm³/mol. The van der Waals surface area contributed by atoms with E-state index in [2.05, 4.69) is 35.4 Å². The van der Waals surface area contributed by atoms with Crippen LogP contribution in [0.3, 0.4) is 0 Å². The Morgan fingerprint density at radius 3 is 2.45 bits per heavy atom. The van der Waals surface area contributed by atoms with E-state index in [1.165, 1.54) is 0 Å². The van der Waals surface area contributed by atoms with Crippen LogP contribution in [0.1, 0.15) is 26.7 Å². The van der Waals surface area contributed by atoms with Crippen LogP contribution in [0.15, 0.2) is 0 Å². The van der Waals surface area contributed by atoms with Crippen LogP contribution in [-0.4, -0.2) is 57.3 Å². The minimum absolute atomic E-state index is 0.0393. The highest BCUT2D eigenvalue weighted by Gasteiger charge is 2.15. The van der Waals surface area contributed by atoms with Crippen molar-refractivity contribution in [1.29, 1.82) is 0 Å². The standard InChI is InChI=1S/C12H27N2O5P/c1-5-9-14(3,4)10-7-12(15)13-8-11-19-20(16,17)18-6-2/h5-11H2,1-4H3,(H-,13,15,16,17). The molecule has 0 aliphatic carbocycles. The number of nitrogens with one attached hydrogen (secondary N) is 1. The van der Waals surface area contributed by atoms with E-state index in [0.29, 0.717) is 6.42 Å². The monoisotopic (exact) mass is 310 g/mol. The van der Waals surface area contributed by atoms with E-state index in [-0.39, 0.29) is 25.7 Å². The van der Waals surface area contributed by atoms with Gasteiger partial charge in [0.25, 0.3) is 7.82 Å². The van der Waals surface area contributed by atoms with E-state index in [1.807, 2.05) is 0 Å².